The first kappa shape index (κ1) is 9.58. The summed E-state index contributed by atoms with van der Waals surface area (Å²) in [7, 11) is 0. The van der Waals surface area contributed by atoms with E-state index >= 15 is 0 Å². The lowest BCUT2D eigenvalue weighted by molar-refractivity contribution is -0.116. The van der Waals surface area contributed by atoms with E-state index in [1.807, 2.05) is 18.2 Å². The van der Waals surface area contributed by atoms with Crippen molar-refractivity contribution < 1.29 is 11.0 Å². The summed E-state index contributed by atoms with van der Waals surface area (Å²) in [4.78, 5) is 23.2. The van der Waals surface area contributed by atoms with E-state index in [1.54, 1.807) is 0 Å². The Morgan fingerprint density at radius 2 is 2.00 bits per heavy atom. The van der Waals surface area contributed by atoms with Crippen LogP contribution in [0.25, 0.3) is 0 Å². The molecule has 1 saturated carbocycles. The zero-order valence-corrected chi connectivity index (χ0v) is 8.95. The van der Waals surface area contributed by atoms with Crippen LogP contribution in [-0.2, 0) is 4.79 Å². The molecule has 1 amide bonds. The highest BCUT2D eigenvalue weighted by molar-refractivity contribution is 6.09. The standard InChI is InChI=1S/C13H13NO2.H2/c15-12-5-6-13(16)14-11-7-9(8-1-2-8)3-4-10(11)12;/h3-4,7-8H,1-2,5-6H2,(H,14,16);1H. The third kappa shape index (κ3) is 1.62. The van der Waals surface area contributed by atoms with Gasteiger partial charge in [-0.1, -0.05) is 6.07 Å². The van der Waals surface area contributed by atoms with Crippen LogP contribution in [0.15, 0.2) is 18.2 Å². The van der Waals surface area contributed by atoms with Gasteiger partial charge >= 0.3 is 0 Å². The first-order valence-electron chi connectivity index (χ1n) is 5.71. The van der Waals surface area contributed by atoms with Crippen LogP contribution in [0, 0.1) is 0 Å². The van der Waals surface area contributed by atoms with Crippen LogP contribution >= 0.6 is 0 Å². The predicted molar refractivity (Wildman–Crippen MR) is 62.7 cm³/mol. The molecular weight excluding hydrogens is 202 g/mol. The van der Waals surface area contributed by atoms with Crippen molar-refractivity contribution in [2.75, 3.05) is 5.32 Å². The van der Waals surface area contributed by atoms with E-state index in [1.165, 1.54) is 18.4 Å². The van der Waals surface area contributed by atoms with Crippen molar-refractivity contribution >= 4 is 17.4 Å². The highest BCUT2D eigenvalue weighted by Crippen LogP contribution is 2.41. The number of carbonyl (C=O) groups excluding carboxylic acids is 2. The predicted octanol–water partition coefficient (Wildman–Crippen LogP) is 2.73. The van der Waals surface area contributed by atoms with E-state index < -0.39 is 0 Å². The maximum atomic E-state index is 11.8. The van der Waals surface area contributed by atoms with Gasteiger partial charge in [-0.15, -0.1) is 0 Å². The van der Waals surface area contributed by atoms with Gasteiger partial charge in [0.25, 0.3) is 0 Å². The summed E-state index contributed by atoms with van der Waals surface area (Å²) < 4.78 is 0. The zero-order chi connectivity index (χ0) is 11.1. The summed E-state index contributed by atoms with van der Waals surface area (Å²) in [5, 5.41) is 2.82. The van der Waals surface area contributed by atoms with Crippen LogP contribution in [0.5, 0.6) is 0 Å². The topological polar surface area (TPSA) is 46.2 Å². The van der Waals surface area contributed by atoms with Gasteiger partial charge in [-0.25, -0.2) is 0 Å². The van der Waals surface area contributed by atoms with Gasteiger partial charge in [0.05, 0.1) is 5.69 Å². The summed E-state index contributed by atoms with van der Waals surface area (Å²) in [5.41, 5.74) is 2.61. The molecule has 1 N–H and O–H groups in total. The molecule has 3 nitrogen and oxygen atoms in total. The molecule has 3 heteroatoms. The summed E-state index contributed by atoms with van der Waals surface area (Å²) in [6, 6.07) is 5.84. The number of amides is 1. The van der Waals surface area contributed by atoms with Crippen LogP contribution in [0.4, 0.5) is 5.69 Å². The van der Waals surface area contributed by atoms with Crippen molar-refractivity contribution in [2.45, 2.75) is 31.6 Å². The molecule has 0 atom stereocenters. The molecule has 1 aliphatic heterocycles. The fourth-order valence-electron chi connectivity index (χ4n) is 2.15. The Bertz CT molecular complexity index is 480. The molecule has 1 aromatic rings. The summed E-state index contributed by atoms with van der Waals surface area (Å²) in [6.07, 6.45) is 3.06. The van der Waals surface area contributed by atoms with Crippen molar-refractivity contribution in [3.63, 3.8) is 0 Å². The van der Waals surface area contributed by atoms with E-state index in [2.05, 4.69) is 5.32 Å². The van der Waals surface area contributed by atoms with E-state index in [-0.39, 0.29) is 13.1 Å². The SMILES string of the molecule is O=C1CCC(=O)c2ccc(C3CC3)cc2N1.[HH]. The Balaban J connectivity index is 0.00000108. The van der Waals surface area contributed by atoms with Crippen LogP contribution in [0.2, 0.25) is 0 Å². The second-order valence-electron chi connectivity index (χ2n) is 4.55. The van der Waals surface area contributed by atoms with Gasteiger partial charge in [0.2, 0.25) is 5.91 Å². The molecule has 16 heavy (non-hydrogen) atoms. The van der Waals surface area contributed by atoms with Crippen LogP contribution in [0.3, 0.4) is 0 Å². The van der Waals surface area contributed by atoms with Gasteiger partial charge in [0.15, 0.2) is 5.78 Å². The number of fused-ring (bicyclic) bond motifs is 1. The van der Waals surface area contributed by atoms with Crippen LogP contribution in [0.1, 0.15) is 48.9 Å². The average Bonchev–Trinajstić information content (AvgIpc) is 3.08. The van der Waals surface area contributed by atoms with E-state index in [4.69, 9.17) is 0 Å². The van der Waals surface area contributed by atoms with Crippen molar-refractivity contribution in [1.29, 1.82) is 0 Å². The monoisotopic (exact) mass is 217 g/mol. The van der Waals surface area contributed by atoms with Gasteiger partial charge in [0, 0.05) is 19.8 Å². The van der Waals surface area contributed by atoms with Crippen molar-refractivity contribution in [2.24, 2.45) is 0 Å². The first-order chi connectivity index (χ1) is 7.74. The molecule has 0 unspecified atom stereocenters. The minimum atomic E-state index is -0.0555. The van der Waals surface area contributed by atoms with Crippen molar-refractivity contribution in [3.05, 3.63) is 29.3 Å². The molecule has 0 bridgehead atoms. The molecule has 0 spiro atoms. The smallest absolute Gasteiger partial charge is 0.224 e. The van der Waals surface area contributed by atoms with Crippen molar-refractivity contribution in [3.8, 4) is 0 Å². The summed E-state index contributed by atoms with van der Waals surface area (Å²) >= 11 is 0. The molecule has 3 rings (SSSR count). The number of carbonyl (C=O) groups is 2. The third-order valence-corrected chi connectivity index (χ3v) is 3.25. The number of Topliss-reactive ketones (excluding diaryl/α,β-unsaturated/α-hetero) is 1. The Kier molecular flexibility index (Phi) is 2.06. The largest absolute Gasteiger partial charge is 0.325 e. The minimum absolute atomic E-state index is 0. The van der Waals surface area contributed by atoms with Gasteiger partial charge in [-0.05, 0) is 36.5 Å². The molecule has 0 aromatic heterocycles. The molecular formula is C13H15NO2. The Labute approximate surface area is 95.3 Å². The van der Waals surface area contributed by atoms with Crippen LogP contribution in [-0.4, -0.2) is 11.7 Å². The highest BCUT2D eigenvalue weighted by atomic mass is 16.2. The molecule has 84 valence electrons. The number of hydrogen-bond acceptors (Lipinski definition) is 2. The van der Waals surface area contributed by atoms with Gasteiger partial charge in [-0.2, -0.15) is 0 Å². The fourth-order valence-corrected chi connectivity index (χ4v) is 2.15. The zero-order valence-electron chi connectivity index (χ0n) is 8.95. The number of anilines is 1. The third-order valence-electron chi connectivity index (χ3n) is 3.25. The maximum absolute atomic E-state index is 11.8. The Morgan fingerprint density at radius 3 is 2.75 bits per heavy atom. The Hall–Kier alpha value is -1.64. The molecule has 1 aromatic carbocycles. The molecule has 2 aliphatic rings. The van der Waals surface area contributed by atoms with E-state index in [9.17, 15) is 9.59 Å². The lowest BCUT2D eigenvalue weighted by Crippen LogP contribution is -2.09. The van der Waals surface area contributed by atoms with Gasteiger partial charge in [0.1, 0.15) is 0 Å². The van der Waals surface area contributed by atoms with E-state index in [0.717, 1.165) is 0 Å². The average molecular weight is 217 g/mol. The van der Waals surface area contributed by atoms with Crippen molar-refractivity contribution in [1.82, 2.24) is 0 Å². The Morgan fingerprint density at radius 1 is 1.19 bits per heavy atom. The molecule has 0 radical (unpaired) electrons. The van der Waals surface area contributed by atoms with Gasteiger partial charge in [-0.3, -0.25) is 9.59 Å². The lowest BCUT2D eigenvalue weighted by atomic mass is 10.0. The highest BCUT2D eigenvalue weighted by Gasteiger charge is 2.26. The number of benzene rings is 1. The van der Waals surface area contributed by atoms with E-state index in [0.29, 0.717) is 30.0 Å². The fraction of sp³-hybridized carbons (Fsp3) is 0.385. The normalized spacial score (nSPS) is 20.0. The molecule has 0 saturated heterocycles. The second-order valence-corrected chi connectivity index (χ2v) is 4.55. The number of rotatable bonds is 1. The van der Waals surface area contributed by atoms with Gasteiger partial charge < -0.3 is 5.32 Å². The molecule has 1 aliphatic carbocycles. The van der Waals surface area contributed by atoms with Crippen LogP contribution < -0.4 is 5.32 Å². The first-order valence-corrected chi connectivity index (χ1v) is 5.71. The molecule has 1 fully saturated rings. The summed E-state index contributed by atoms with van der Waals surface area (Å²) in [6.45, 7) is 0. The quantitative estimate of drug-likeness (QED) is 0.786. The second kappa shape index (κ2) is 3.44. The minimum Gasteiger partial charge on any atom is -0.325 e. The summed E-state index contributed by atoms with van der Waals surface area (Å²) in [5.74, 6) is 0.649. The number of hydrogen-bond donors (Lipinski definition) is 1. The lowest BCUT2D eigenvalue weighted by Gasteiger charge is -2.07. The maximum Gasteiger partial charge on any atom is 0.224 e. The number of nitrogens with one attached hydrogen (secondary N) is 1. The molecule has 1 heterocycles. The number of ketones is 1.